The molecule has 0 fully saturated rings. The molecule has 0 spiro atoms. The zero-order chi connectivity index (χ0) is 35.6. The number of carbonyl (C=O) groups excluding carboxylic acids is 3. The van der Waals surface area contributed by atoms with Crippen LogP contribution in [0.5, 0.6) is 0 Å². The van der Waals surface area contributed by atoms with E-state index in [1.54, 1.807) is 0 Å². The number of nitrogens with one attached hydrogen (secondary N) is 1. The summed E-state index contributed by atoms with van der Waals surface area (Å²) in [6, 6.07) is 24.4. The Kier molecular flexibility index (Phi) is 13.4. The van der Waals surface area contributed by atoms with Gasteiger partial charge in [-0.15, -0.1) is 0 Å². The number of rotatable bonds is 18. The molecule has 6 heteroatoms. The molecule has 0 bridgehead atoms. The van der Waals surface area contributed by atoms with Gasteiger partial charge >= 0.3 is 11.9 Å². The second-order valence-corrected chi connectivity index (χ2v) is 15.3. The summed E-state index contributed by atoms with van der Waals surface area (Å²) < 4.78 is 11.8. The van der Waals surface area contributed by atoms with E-state index in [1.807, 2.05) is 69.3 Å². The maximum Gasteiger partial charge on any atom is 0.312 e. The van der Waals surface area contributed by atoms with E-state index in [0.29, 0.717) is 19.4 Å². The minimum Gasteiger partial charge on any atom is -0.465 e. The molecule has 1 N–H and O–H groups in total. The smallest absolute Gasteiger partial charge is 0.312 e. The Morgan fingerprint density at radius 1 is 0.729 bits per heavy atom. The fourth-order valence-electron chi connectivity index (χ4n) is 7.10. The van der Waals surface area contributed by atoms with Crippen molar-refractivity contribution >= 4 is 28.6 Å². The highest BCUT2D eigenvalue weighted by Gasteiger charge is 2.56. The predicted molar refractivity (Wildman–Crippen MR) is 196 cm³/mol. The monoisotopic (exact) mass is 657 g/mol. The van der Waals surface area contributed by atoms with Crippen molar-refractivity contribution in [2.75, 3.05) is 19.8 Å². The number of hydrogen-bond donors (Lipinski definition) is 1. The van der Waals surface area contributed by atoms with E-state index in [1.165, 1.54) is 5.56 Å². The number of unbranched alkanes of at least 4 members (excludes halogenated alkanes) is 1. The molecular formula is C42H59NO5. The lowest BCUT2D eigenvalue weighted by Gasteiger charge is -2.51. The van der Waals surface area contributed by atoms with Crippen molar-refractivity contribution in [2.24, 2.45) is 21.7 Å². The first-order valence-electron chi connectivity index (χ1n) is 17.7. The van der Waals surface area contributed by atoms with Gasteiger partial charge in [0, 0.05) is 0 Å². The molecule has 3 aromatic carbocycles. The molecule has 0 saturated carbocycles. The lowest BCUT2D eigenvalue weighted by atomic mass is 9.52. The number of esters is 2. The van der Waals surface area contributed by atoms with Gasteiger partial charge in [-0.1, -0.05) is 128 Å². The van der Waals surface area contributed by atoms with Gasteiger partial charge in [-0.25, -0.2) is 0 Å². The zero-order valence-corrected chi connectivity index (χ0v) is 30.9. The van der Waals surface area contributed by atoms with E-state index in [0.717, 1.165) is 35.6 Å². The van der Waals surface area contributed by atoms with E-state index >= 15 is 0 Å². The van der Waals surface area contributed by atoms with Gasteiger partial charge in [0.15, 0.2) is 0 Å². The van der Waals surface area contributed by atoms with E-state index < -0.39 is 21.7 Å². The molecule has 0 radical (unpaired) electrons. The van der Waals surface area contributed by atoms with Crippen LogP contribution in [0.2, 0.25) is 0 Å². The topological polar surface area (TPSA) is 81.7 Å². The van der Waals surface area contributed by atoms with Crippen LogP contribution in [0.25, 0.3) is 10.8 Å². The molecule has 6 nitrogen and oxygen atoms in total. The highest BCUT2D eigenvalue weighted by molar-refractivity contribution is 5.90. The summed E-state index contributed by atoms with van der Waals surface area (Å²) in [5, 5.41) is 5.06. The Morgan fingerprint density at radius 3 is 2.00 bits per heavy atom. The van der Waals surface area contributed by atoms with Crippen LogP contribution >= 0.6 is 0 Å². The summed E-state index contributed by atoms with van der Waals surface area (Å²) in [6.07, 6.45) is 3.75. The van der Waals surface area contributed by atoms with Crippen LogP contribution in [0, 0.1) is 21.7 Å². The number of ether oxygens (including phenoxy) is 2. The van der Waals surface area contributed by atoms with Crippen LogP contribution in [0.15, 0.2) is 72.8 Å². The van der Waals surface area contributed by atoms with Gasteiger partial charge in [-0.2, -0.15) is 0 Å². The molecule has 3 aromatic rings. The second-order valence-electron chi connectivity index (χ2n) is 15.3. The number of fused-ring (bicyclic) bond motifs is 1. The quantitative estimate of drug-likeness (QED) is 0.109. The summed E-state index contributed by atoms with van der Waals surface area (Å²) >= 11 is 0. The Morgan fingerprint density at radius 2 is 1.33 bits per heavy atom. The third-order valence-electron chi connectivity index (χ3n) is 11.2. The maximum atomic E-state index is 14.1. The molecule has 3 atom stereocenters. The first-order valence-corrected chi connectivity index (χ1v) is 17.7. The molecule has 0 aliphatic rings. The summed E-state index contributed by atoms with van der Waals surface area (Å²) in [5.41, 5.74) is -0.637. The molecule has 1 amide bonds. The van der Waals surface area contributed by atoms with Crippen molar-refractivity contribution in [3.63, 3.8) is 0 Å². The molecule has 48 heavy (non-hydrogen) atoms. The van der Waals surface area contributed by atoms with E-state index in [-0.39, 0.29) is 43.3 Å². The van der Waals surface area contributed by atoms with Crippen molar-refractivity contribution in [2.45, 2.75) is 107 Å². The Hall–Kier alpha value is -3.67. The van der Waals surface area contributed by atoms with Gasteiger partial charge in [-0.05, 0) is 78.2 Å². The van der Waals surface area contributed by atoms with Crippen molar-refractivity contribution in [3.8, 4) is 0 Å². The first-order chi connectivity index (χ1) is 22.6. The third kappa shape index (κ3) is 9.06. The summed E-state index contributed by atoms with van der Waals surface area (Å²) in [4.78, 5) is 40.7. The van der Waals surface area contributed by atoms with Gasteiger partial charge in [0.1, 0.15) is 6.61 Å². The molecule has 3 rings (SSSR count). The largest absolute Gasteiger partial charge is 0.465 e. The van der Waals surface area contributed by atoms with Gasteiger partial charge in [0.05, 0.1) is 30.4 Å². The van der Waals surface area contributed by atoms with E-state index in [9.17, 15) is 14.4 Å². The van der Waals surface area contributed by atoms with Gasteiger partial charge in [0.2, 0.25) is 5.91 Å². The zero-order valence-electron chi connectivity index (χ0n) is 30.9. The molecule has 0 heterocycles. The summed E-state index contributed by atoms with van der Waals surface area (Å²) in [5.74, 6) is -0.429. The molecule has 0 aliphatic carbocycles. The molecular weight excluding hydrogens is 598 g/mol. The summed E-state index contributed by atoms with van der Waals surface area (Å²) in [6.45, 7) is 19.4. The number of hydrogen-bond acceptors (Lipinski definition) is 5. The van der Waals surface area contributed by atoms with Crippen LogP contribution in [-0.4, -0.2) is 37.6 Å². The standard InChI is InChI=1S/C42H59NO5/c1-10-12-26-47-38(46)42(9,39(4,5)29-31(3)32-19-14-13-15-20-32)30-40(6,7)41(8,11-2)37(45)48-27-25-43-36(44)28-34-23-18-22-33-21-16-17-24-35(33)34/h13-24,31H,10-12,25-30H2,1-9H3,(H,43,44). The lowest BCUT2D eigenvalue weighted by molar-refractivity contribution is -0.176. The summed E-state index contributed by atoms with van der Waals surface area (Å²) in [7, 11) is 0. The van der Waals surface area contributed by atoms with Crippen molar-refractivity contribution in [1.29, 1.82) is 0 Å². The van der Waals surface area contributed by atoms with E-state index in [4.69, 9.17) is 9.47 Å². The predicted octanol–water partition coefficient (Wildman–Crippen LogP) is 9.44. The molecule has 0 saturated heterocycles. The van der Waals surface area contributed by atoms with Crippen LogP contribution in [0.1, 0.15) is 111 Å². The fraction of sp³-hybridized carbons (Fsp3) is 0.548. The first kappa shape index (κ1) is 38.8. The van der Waals surface area contributed by atoms with Crippen molar-refractivity contribution < 1.29 is 23.9 Å². The number of amides is 1. The maximum absolute atomic E-state index is 14.1. The molecule has 262 valence electrons. The minimum atomic E-state index is -0.883. The molecule has 0 aromatic heterocycles. The number of carbonyl (C=O) groups is 3. The molecule has 0 aliphatic heterocycles. The van der Waals surface area contributed by atoms with Gasteiger partial charge in [-0.3, -0.25) is 14.4 Å². The van der Waals surface area contributed by atoms with E-state index in [2.05, 4.69) is 71.1 Å². The van der Waals surface area contributed by atoms with Gasteiger partial charge in [0.25, 0.3) is 0 Å². The highest BCUT2D eigenvalue weighted by atomic mass is 16.5. The van der Waals surface area contributed by atoms with Crippen LogP contribution in [0.3, 0.4) is 0 Å². The normalized spacial score (nSPS) is 15.2. The second kappa shape index (κ2) is 16.6. The van der Waals surface area contributed by atoms with Crippen molar-refractivity contribution in [3.05, 3.63) is 83.9 Å². The average Bonchev–Trinajstić information content (AvgIpc) is 3.06. The van der Waals surface area contributed by atoms with Crippen molar-refractivity contribution in [1.82, 2.24) is 5.32 Å². The molecule has 3 unspecified atom stereocenters. The highest BCUT2D eigenvalue weighted by Crippen LogP contribution is 2.57. The Labute approximate surface area is 289 Å². The van der Waals surface area contributed by atoms with Crippen LogP contribution in [-0.2, 0) is 30.3 Å². The minimum absolute atomic E-state index is 0.0716. The Bertz CT molecular complexity index is 1510. The number of benzene rings is 3. The third-order valence-corrected chi connectivity index (χ3v) is 11.2. The average molecular weight is 658 g/mol. The van der Waals surface area contributed by atoms with Crippen LogP contribution < -0.4 is 5.32 Å². The fourth-order valence-corrected chi connectivity index (χ4v) is 7.10. The Balaban J connectivity index is 1.72. The lowest BCUT2D eigenvalue weighted by Crippen LogP contribution is -2.52. The van der Waals surface area contributed by atoms with Gasteiger partial charge < -0.3 is 14.8 Å². The SMILES string of the molecule is CCCCOC(=O)C(C)(CC(C)(C)C(C)(CC)C(=O)OCCNC(=O)Cc1cccc2ccccc12)C(C)(C)CC(C)c1ccccc1. The van der Waals surface area contributed by atoms with Crippen LogP contribution in [0.4, 0.5) is 0 Å².